The average molecular weight is 220 g/mol. The Morgan fingerprint density at radius 3 is 3.00 bits per heavy atom. The van der Waals surface area contributed by atoms with Crippen molar-refractivity contribution in [3.05, 3.63) is 23.9 Å². The third kappa shape index (κ3) is 2.71. The second kappa shape index (κ2) is 4.80. The lowest BCUT2D eigenvalue weighted by Crippen LogP contribution is -2.49. The maximum absolute atomic E-state index is 5.68. The van der Waals surface area contributed by atoms with Gasteiger partial charge in [-0.3, -0.25) is 4.90 Å². The molecule has 0 radical (unpaired) electrons. The number of hydrogen-bond acceptors (Lipinski definition) is 4. The minimum Gasteiger partial charge on any atom is -0.384 e. The van der Waals surface area contributed by atoms with E-state index in [1.54, 1.807) is 6.20 Å². The number of likely N-dealkylation sites (N-methyl/N-ethyl adjacent to an activating group) is 1. The molecule has 1 aliphatic heterocycles. The molecular weight excluding hydrogens is 200 g/mol. The van der Waals surface area contributed by atoms with E-state index in [1.165, 1.54) is 5.56 Å². The van der Waals surface area contributed by atoms with E-state index in [2.05, 4.69) is 28.8 Å². The standard InChI is InChI=1S/C12H20N4/c1-10-8-15(2)5-6-16(10)9-11-3-4-14-12(13)7-11/h3-4,7,10H,5-6,8-9H2,1-2H3,(H2,13,14). The highest BCUT2D eigenvalue weighted by molar-refractivity contribution is 5.31. The molecule has 1 aromatic heterocycles. The summed E-state index contributed by atoms with van der Waals surface area (Å²) < 4.78 is 0. The van der Waals surface area contributed by atoms with Gasteiger partial charge in [-0.25, -0.2) is 4.98 Å². The molecule has 0 amide bonds. The van der Waals surface area contributed by atoms with Gasteiger partial charge < -0.3 is 10.6 Å². The Balaban J connectivity index is 1.99. The number of nitrogen functional groups attached to an aromatic ring is 1. The van der Waals surface area contributed by atoms with Gasteiger partial charge in [0.25, 0.3) is 0 Å². The minimum atomic E-state index is 0.605. The van der Waals surface area contributed by atoms with Gasteiger partial charge >= 0.3 is 0 Å². The summed E-state index contributed by atoms with van der Waals surface area (Å²) in [4.78, 5) is 8.89. The Labute approximate surface area is 97.1 Å². The van der Waals surface area contributed by atoms with Gasteiger partial charge in [-0.15, -0.1) is 0 Å². The largest absolute Gasteiger partial charge is 0.384 e. The normalized spacial score (nSPS) is 23.5. The molecule has 88 valence electrons. The van der Waals surface area contributed by atoms with Crippen molar-refractivity contribution in [1.82, 2.24) is 14.8 Å². The van der Waals surface area contributed by atoms with Crippen molar-refractivity contribution in [3.63, 3.8) is 0 Å². The first kappa shape index (κ1) is 11.4. The van der Waals surface area contributed by atoms with Gasteiger partial charge in [0.15, 0.2) is 0 Å². The molecule has 1 aliphatic rings. The fourth-order valence-electron chi connectivity index (χ4n) is 2.24. The quantitative estimate of drug-likeness (QED) is 0.801. The Morgan fingerprint density at radius 1 is 1.50 bits per heavy atom. The van der Waals surface area contributed by atoms with Crippen LogP contribution in [-0.2, 0) is 6.54 Å². The van der Waals surface area contributed by atoms with Gasteiger partial charge in [-0.1, -0.05) is 0 Å². The number of piperazine rings is 1. The van der Waals surface area contributed by atoms with E-state index < -0.39 is 0 Å². The van der Waals surface area contributed by atoms with Crippen LogP contribution in [0.1, 0.15) is 12.5 Å². The first-order valence-corrected chi connectivity index (χ1v) is 5.78. The van der Waals surface area contributed by atoms with Gasteiger partial charge in [-0.05, 0) is 31.7 Å². The third-order valence-electron chi connectivity index (χ3n) is 3.20. The topological polar surface area (TPSA) is 45.4 Å². The number of nitrogens with zero attached hydrogens (tertiary/aromatic N) is 3. The van der Waals surface area contributed by atoms with Gasteiger partial charge in [0.1, 0.15) is 5.82 Å². The number of pyridine rings is 1. The summed E-state index contributed by atoms with van der Waals surface area (Å²) in [6.45, 7) is 6.66. The van der Waals surface area contributed by atoms with E-state index >= 15 is 0 Å². The molecule has 0 bridgehead atoms. The van der Waals surface area contributed by atoms with Crippen LogP contribution >= 0.6 is 0 Å². The van der Waals surface area contributed by atoms with Crippen LogP contribution in [0.2, 0.25) is 0 Å². The lowest BCUT2D eigenvalue weighted by molar-refractivity contribution is 0.0938. The molecule has 0 spiro atoms. The predicted octanol–water partition coefficient (Wildman–Crippen LogP) is 0.800. The molecule has 2 heterocycles. The summed E-state index contributed by atoms with van der Waals surface area (Å²) in [6, 6.07) is 4.61. The van der Waals surface area contributed by atoms with Crippen LogP contribution in [-0.4, -0.2) is 47.5 Å². The number of aromatic nitrogens is 1. The van der Waals surface area contributed by atoms with Crippen LogP contribution in [0, 0.1) is 0 Å². The number of rotatable bonds is 2. The van der Waals surface area contributed by atoms with Crippen molar-refractivity contribution < 1.29 is 0 Å². The van der Waals surface area contributed by atoms with Crippen LogP contribution in [0.4, 0.5) is 5.82 Å². The zero-order valence-corrected chi connectivity index (χ0v) is 10.1. The lowest BCUT2D eigenvalue weighted by Gasteiger charge is -2.38. The van der Waals surface area contributed by atoms with Gasteiger partial charge in [0.05, 0.1) is 0 Å². The smallest absolute Gasteiger partial charge is 0.123 e. The molecule has 2 N–H and O–H groups in total. The SMILES string of the molecule is CC1CN(C)CCN1Cc1ccnc(N)c1. The average Bonchev–Trinajstić information content (AvgIpc) is 2.22. The molecule has 1 saturated heterocycles. The monoisotopic (exact) mass is 220 g/mol. The number of anilines is 1. The van der Waals surface area contributed by atoms with E-state index in [9.17, 15) is 0 Å². The van der Waals surface area contributed by atoms with Crippen LogP contribution in [0.15, 0.2) is 18.3 Å². The summed E-state index contributed by atoms with van der Waals surface area (Å²) in [7, 11) is 2.18. The van der Waals surface area contributed by atoms with Crippen molar-refractivity contribution in [2.45, 2.75) is 19.5 Å². The molecule has 1 aromatic rings. The number of hydrogen-bond donors (Lipinski definition) is 1. The molecule has 4 nitrogen and oxygen atoms in total. The molecule has 2 rings (SSSR count). The van der Waals surface area contributed by atoms with Crippen molar-refractivity contribution in [2.24, 2.45) is 0 Å². The summed E-state index contributed by atoms with van der Waals surface area (Å²) in [5.41, 5.74) is 6.94. The van der Waals surface area contributed by atoms with Crippen molar-refractivity contribution in [2.75, 3.05) is 32.4 Å². The summed E-state index contributed by atoms with van der Waals surface area (Å²) >= 11 is 0. The zero-order chi connectivity index (χ0) is 11.5. The molecular formula is C12H20N4. The van der Waals surface area contributed by atoms with Crippen LogP contribution in [0.3, 0.4) is 0 Å². The molecule has 16 heavy (non-hydrogen) atoms. The first-order valence-electron chi connectivity index (χ1n) is 5.78. The maximum atomic E-state index is 5.68. The van der Waals surface area contributed by atoms with Crippen LogP contribution in [0.25, 0.3) is 0 Å². The molecule has 4 heteroatoms. The molecule has 0 saturated carbocycles. The van der Waals surface area contributed by atoms with Gasteiger partial charge in [0.2, 0.25) is 0 Å². The van der Waals surface area contributed by atoms with Crippen molar-refractivity contribution >= 4 is 5.82 Å². The van der Waals surface area contributed by atoms with E-state index in [-0.39, 0.29) is 0 Å². The molecule has 1 fully saturated rings. The van der Waals surface area contributed by atoms with Crippen LogP contribution < -0.4 is 5.73 Å². The summed E-state index contributed by atoms with van der Waals surface area (Å²) in [5.74, 6) is 0.610. The van der Waals surface area contributed by atoms with E-state index in [4.69, 9.17) is 5.73 Å². The number of nitrogens with two attached hydrogens (primary N) is 1. The Bertz CT molecular complexity index is 353. The van der Waals surface area contributed by atoms with Gasteiger partial charge in [-0.2, -0.15) is 0 Å². The van der Waals surface area contributed by atoms with Crippen LogP contribution in [0.5, 0.6) is 0 Å². The predicted molar refractivity (Wildman–Crippen MR) is 66.0 cm³/mol. The van der Waals surface area contributed by atoms with Crippen molar-refractivity contribution in [1.29, 1.82) is 0 Å². The summed E-state index contributed by atoms with van der Waals surface area (Å²) in [5, 5.41) is 0. The highest BCUT2D eigenvalue weighted by atomic mass is 15.3. The summed E-state index contributed by atoms with van der Waals surface area (Å²) in [6.07, 6.45) is 1.78. The molecule has 0 aromatic carbocycles. The first-order chi connectivity index (χ1) is 7.65. The van der Waals surface area contributed by atoms with E-state index in [0.717, 1.165) is 26.2 Å². The Hall–Kier alpha value is -1.13. The molecule has 1 unspecified atom stereocenters. The van der Waals surface area contributed by atoms with Gasteiger partial charge in [0, 0.05) is 38.4 Å². The fourth-order valence-corrected chi connectivity index (χ4v) is 2.24. The highest BCUT2D eigenvalue weighted by Crippen LogP contribution is 2.13. The van der Waals surface area contributed by atoms with E-state index in [1.807, 2.05) is 12.1 Å². The van der Waals surface area contributed by atoms with Crippen molar-refractivity contribution in [3.8, 4) is 0 Å². The van der Waals surface area contributed by atoms with E-state index in [0.29, 0.717) is 11.9 Å². The fraction of sp³-hybridized carbons (Fsp3) is 0.583. The Morgan fingerprint density at radius 2 is 2.31 bits per heavy atom. The Kier molecular flexibility index (Phi) is 3.41. The highest BCUT2D eigenvalue weighted by Gasteiger charge is 2.21. The second-order valence-electron chi connectivity index (χ2n) is 4.67. The minimum absolute atomic E-state index is 0.605. The second-order valence-corrected chi connectivity index (χ2v) is 4.67. The lowest BCUT2D eigenvalue weighted by atomic mass is 10.1. The third-order valence-corrected chi connectivity index (χ3v) is 3.20. The molecule has 0 aliphatic carbocycles. The zero-order valence-electron chi connectivity index (χ0n) is 10.1. The molecule has 1 atom stereocenters. The maximum Gasteiger partial charge on any atom is 0.123 e.